The van der Waals surface area contributed by atoms with E-state index in [0.29, 0.717) is 6.61 Å². The molecule has 0 bridgehead atoms. The Balaban J connectivity index is 2.16. The van der Waals surface area contributed by atoms with Crippen molar-refractivity contribution in [3.63, 3.8) is 0 Å². The Hall–Kier alpha value is -2.61. The summed E-state index contributed by atoms with van der Waals surface area (Å²) in [6.45, 7) is 4.44. The predicted octanol–water partition coefficient (Wildman–Crippen LogP) is 3.09. The highest BCUT2D eigenvalue weighted by molar-refractivity contribution is 7.92. The van der Waals surface area contributed by atoms with Gasteiger partial charge in [-0.05, 0) is 55.3 Å². The number of amides is 1. The van der Waals surface area contributed by atoms with E-state index in [1.54, 1.807) is 6.92 Å². The summed E-state index contributed by atoms with van der Waals surface area (Å²) < 4.78 is 44.3. The van der Waals surface area contributed by atoms with Crippen LogP contribution in [0.3, 0.4) is 0 Å². The number of benzene rings is 2. The maximum atomic E-state index is 13.2. The first-order valence-corrected chi connectivity index (χ1v) is 10.9. The zero-order valence-corrected chi connectivity index (χ0v) is 17.0. The van der Waals surface area contributed by atoms with Gasteiger partial charge in [-0.1, -0.05) is 19.1 Å². The van der Waals surface area contributed by atoms with Crippen molar-refractivity contribution < 1.29 is 22.3 Å². The second kappa shape index (κ2) is 9.54. The fourth-order valence-corrected chi connectivity index (χ4v) is 4.04. The largest absolute Gasteiger partial charge is 0.494 e. The van der Waals surface area contributed by atoms with Crippen LogP contribution in [0.4, 0.5) is 10.1 Å². The smallest absolute Gasteiger partial charge is 0.244 e. The van der Waals surface area contributed by atoms with Gasteiger partial charge in [0.25, 0.3) is 0 Å². The molecule has 0 heterocycles. The molecule has 2 aromatic rings. The van der Waals surface area contributed by atoms with Crippen molar-refractivity contribution in [1.82, 2.24) is 5.32 Å². The SMILES string of the molecule is CCOc1ccc(CNC(=O)[C@@H](CC)N(c2ccc(F)cc2)S(C)(=O)=O)cc1. The van der Waals surface area contributed by atoms with Crippen LogP contribution >= 0.6 is 0 Å². The van der Waals surface area contributed by atoms with Crippen LogP contribution in [0.1, 0.15) is 25.8 Å². The molecule has 0 aromatic heterocycles. The minimum Gasteiger partial charge on any atom is -0.494 e. The van der Waals surface area contributed by atoms with Crippen molar-refractivity contribution in [2.24, 2.45) is 0 Å². The Labute approximate surface area is 165 Å². The molecule has 0 aliphatic rings. The van der Waals surface area contributed by atoms with E-state index >= 15 is 0 Å². The lowest BCUT2D eigenvalue weighted by atomic mass is 10.1. The topological polar surface area (TPSA) is 75.7 Å². The highest BCUT2D eigenvalue weighted by Gasteiger charge is 2.31. The van der Waals surface area contributed by atoms with Gasteiger partial charge < -0.3 is 10.1 Å². The third-order valence-electron chi connectivity index (χ3n) is 4.11. The zero-order chi connectivity index (χ0) is 20.7. The molecule has 8 heteroatoms. The van der Waals surface area contributed by atoms with Crippen LogP contribution in [-0.2, 0) is 21.4 Å². The van der Waals surface area contributed by atoms with Crippen molar-refractivity contribution in [2.45, 2.75) is 32.9 Å². The lowest BCUT2D eigenvalue weighted by molar-refractivity contribution is -0.122. The number of sulfonamides is 1. The van der Waals surface area contributed by atoms with Gasteiger partial charge in [-0.15, -0.1) is 0 Å². The molecule has 0 fully saturated rings. The van der Waals surface area contributed by atoms with Gasteiger partial charge in [0.05, 0.1) is 18.6 Å². The standard InChI is InChI=1S/C20H25FN2O4S/c1-4-19(23(28(3,25)26)17-10-8-16(21)9-11-17)20(24)22-14-15-6-12-18(13-7-15)27-5-2/h6-13,19H,4-5,14H2,1-3H3,(H,22,24)/t19-/m1/s1. The van der Waals surface area contributed by atoms with E-state index in [1.165, 1.54) is 12.1 Å². The number of nitrogens with zero attached hydrogens (tertiary/aromatic N) is 1. The molecule has 0 radical (unpaired) electrons. The van der Waals surface area contributed by atoms with E-state index in [1.807, 2.05) is 31.2 Å². The molecule has 0 spiro atoms. The Bertz CT molecular complexity index is 883. The lowest BCUT2D eigenvalue weighted by Gasteiger charge is -2.30. The van der Waals surface area contributed by atoms with Crippen molar-refractivity contribution in [3.05, 3.63) is 59.9 Å². The molecular formula is C20H25FN2O4S. The lowest BCUT2D eigenvalue weighted by Crippen LogP contribution is -2.49. The Morgan fingerprint density at radius 1 is 1.11 bits per heavy atom. The summed E-state index contributed by atoms with van der Waals surface area (Å²) in [5.74, 6) is -0.167. The molecule has 0 aliphatic heterocycles. The Morgan fingerprint density at radius 3 is 2.21 bits per heavy atom. The predicted molar refractivity (Wildman–Crippen MR) is 107 cm³/mol. The molecule has 6 nitrogen and oxygen atoms in total. The van der Waals surface area contributed by atoms with E-state index in [0.717, 1.165) is 34.0 Å². The average Bonchev–Trinajstić information content (AvgIpc) is 2.65. The number of carbonyl (C=O) groups is 1. The maximum Gasteiger partial charge on any atom is 0.244 e. The minimum atomic E-state index is -3.75. The number of nitrogens with one attached hydrogen (secondary N) is 1. The number of rotatable bonds is 9. The van der Waals surface area contributed by atoms with Crippen LogP contribution in [0.15, 0.2) is 48.5 Å². The monoisotopic (exact) mass is 408 g/mol. The molecule has 1 atom stereocenters. The molecule has 152 valence electrons. The third-order valence-corrected chi connectivity index (χ3v) is 5.29. The Morgan fingerprint density at radius 2 is 1.71 bits per heavy atom. The number of ether oxygens (including phenoxy) is 1. The van der Waals surface area contributed by atoms with Crippen molar-refractivity contribution in [2.75, 3.05) is 17.2 Å². The second-order valence-corrected chi connectivity index (χ2v) is 8.11. The van der Waals surface area contributed by atoms with E-state index in [-0.39, 0.29) is 18.7 Å². The zero-order valence-electron chi connectivity index (χ0n) is 16.2. The minimum absolute atomic E-state index is 0.243. The highest BCUT2D eigenvalue weighted by atomic mass is 32.2. The van der Waals surface area contributed by atoms with Crippen LogP contribution < -0.4 is 14.4 Å². The number of anilines is 1. The van der Waals surface area contributed by atoms with Crippen LogP contribution in [0, 0.1) is 5.82 Å². The quantitative estimate of drug-likeness (QED) is 0.692. The van der Waals surface area contributed by atoms with Gasteiger partial charge in [-0.2, -0.15) is 0 Å². The van der Waals surface area contributed by atoms with Crippen LogP contribution in [0.2, 0.25) is 0 Å². The summed E-state index contributed by atoms with van der Waals surface area (Å²) in [6.07, 6.45) is 1.29. The molecule has 2 rings (SSSR count). The van der Waals surface area contributed by atoms with Gasteiger partial charge in [0.15, 0.2) is 0 Å². The summed E-state index contributed by atoms with van der Waals surface area (Å²) in [5, 5.41) is 2.78. The normalized spacial score (nSPS) is 12.3. The Kier molecular flexibility index (Phi) is 7.39. The van der Waals surface area contributed by atoms with Gasteiger partial charge in [0.1, 0.15) is 17.6 Å². The highest BCUT2D eigenvalue weighted by Crippen LogP contribution is 2.23. The number of hydrogen-bond donors (Lipinski definition) is 1. The van der Waals surface area contributed by atoms with Crippen LogP contribution in [0.5, 0.6) is 5.75 Å². The van der Waals surface area contributed by atoms with Gasteiger partial charge in [0.2, 0.25) is 15.9 Å². The second-order valence-electron chi connectivity index (χ2n) is 6.25. The molecule has 1 N–H and O–H groups in total. The first-order chi connectivity index (χ1) is 13.3. The van der Waals surface area contributed by atoms with Gasteiger partial charge in [-0.25, -0.2) is 12.8 Å². The summed E-state index contributed by atoms with van der Waals surface area (Å²) in [5.41, 5.74) is 1.10. The molecule has 0 saturated heterocycles. The molecular weight excluding hydrogens is 383 g/mol. The molecule has 0 saturated carbocycles. The first-order valence-electron chi connectivity index (χ1n) is 9.00. The summed E-state index contributed by atoms with van der Waals surface area (Å²) in [6, 6.07) is 11.4. The van der Waals surface area contributed by atoms with Gasteiger partial charge >= 0.3 is 0 Å². The van der Waals surface area contributed by atoms with E-state index in [4.69, 9.17) is 4.74 Å². The summed E-state index contributed by atoms with van der Waals surface area (Å²) >= 11 is 0. The van der Waals surface area contributed by atoms with Crippen molar-refractivity contribution in [1.29, 1.82) is 0 Å². The number of hydrogen-bond acceptors (Lipinski definition) is 4. The number of halogens is 1. The van der Waals surface area contributed by atoms with Gasteiger partial charge in [-0.3, -0.25) is 9.10 Å². The molecule has 1 amide bonds. The average molecular weight is 408 g/mol. The van der Waals surface area contributed by atoms with E-state index in [2.05, 4.69) is 5.32 Å². The molecule has 0 unspecified atom stereocenters. The summed E-state index contributed by atoms with van der Waals surface area (Å²) in [7, 11) is -3.75. The third kappa shape index (κ3) is 5.69. The van der Waals surface area contributed by atoms with Crippen molar-refractivity contribution in [3.8, 4) is 5.75 Å². The molecule has 2 aromatic carbocycles. The van der Waals surface area contributed by atoms with E-state index < -0.39 is 27.8 Å². The van der Waals surface area contributed by atoms with E-state index in [9.17, 15) is 17.6 Å². The first kappa shape index (κ1) is 21.7. The molecule has 0 aliphatic carbocycles. The van der Waals surface area contributed by atoms with Crippen LogP contribution in [0.25, 0.3) is 0 Å². The van der Waals surface area contributed by atoms with Gasteiger partial charge in [0, 0.05) is 6.54 Å². The molecule has 28 heavy (non-hydrogen) atoms. The summed E-state index contributed by atoms with van der Waals surface area (Å²) in [4.78, 5) is 12.7. The fourth-order valence-electron chi connectivity index (χ4n) is 2.83. The fraction of sp³-hybridized carbons (Fsp3) is 0.350. The van der Waals surface area contributed by atoms with Crippen molar-refractivity contribution >= 4 is 21.6 Å². The van der Waals surface area contributed by atoms with Crippen LogP contribution in [-0.4, -0.2) is 33.2 Å². The number of carbonyl (C=O) groups excluding carboxylic acids is 1. The maximum absolute atomic E-state index is 13.2.